The quantitative estimate of drug-likeness (QED) is 0.855. The van der Waals surface area contributed by atoms with E-state index in [9.17, 15) is 0 Å². The zero-order valence-electron chi connectivity index (χ0n) is 11.0. The molecule has 18 heavy (non-hydrogen) atoms. The van der Waals surface area contributed by atoms with Gasteiger partial charge in [0.05, 0.1) is 12.6 Å². The number of hydrogen-bond donors (Lipinski definition) is 1. The number of piperidine rings is 1. The highest BCUT2D eigenvalue weighted by Gasteiger charge is 2.21. The number of ether oxygens (including phenoxy) is 1. The fourth-order valence-corrected chi connectivity index (χ4v) is 2.43. The number of rotatable bonds is 5. The van der Waals surface area contributed by atoms with Crippen LogP contribution in [0, 0.1) is 0 Å². The van der Waals surface area contributed by atoms with Gasteiger partial charge in [0.25, 0.3) is 0 Å². The molecule has 2 heterocycles. The van der Waals surface area contributed by atoms with Crippen molar-refractivity contribution in [2.24, 2.45) is 5.73 Å². The number of nitrogens with zero attached hydrogens (tertiary/aromatic N) is 3. The normalized spacial score (nSPS) is 18.6. The minimum Gasteiger partial charge on any atom is -0.464 e. The molecular weight excluding hydrogens is 228 g/mol. The van der Waals surface area contributed by atoms with Gasteiger partial charge in [0, 0.05) is 24.5 Å². The molecule has 0 saturated carbocycles. The third kappa shape index (κ3) is 3.17. The van der Waals surface area contributed by atoms with Crippen LogP contribution in [0.1, 0.15) is 37.8 Å². The van der Waals surface area contributed by atoms with E-state index in [2.05, 4.69) is 14.9 Å². The van der Waals surface area contributed by atoms with E-state index in [1.165, 1.54) is 19.3 Å². The van der Waals surface area contributed by atoms with Crippen LogP contribution in [0.4, 0.5) is 0 Å². The van der Waals surface area contributed by atoms with Crippen molar-refractivity contribution >= 4 is 0 Å². The molecule has 100 valence electrons. The van der Waals surface area contributed by atoms with E-state index in [4.69, 9.17) is 10.5 Å². The predicted molar refractivity (Wildman–Crippen MR) is 70.4 cm³/mol. The number of hydrogen-bond acceptors (Lipinski definition) is 5. The van der Waals surface area contributed by atoms with Crippen molar-refractivity contribution < 1.29 is 4.74 Å². The van der Waals surface area contributed by atoms with Gasteiger partial charge in [-0.15, -0.1) is 0 Å². The lowest BCUT2D eigenvalue weighted by atomic mass is 10.0. The lowest BCUT2D eigenvalue weighted by molar-refractivity contribution is 0.166. The Morgan fingerprint density at radius 2 is 1.94 bits per heavy atom. The topological polar surface area (TPSA) is 64.3 Å². The summed E-state index contributed by atoms with van der Waals surface area (Å²) in [5.74, 6) is 0. The van der Waals surface area contributed by atoms with Gasteiger partial charge in [-0.05, 0) is 32.9 Å². The van der Waals surface area contributed by atoms with Gasteiger partial charge in [-0.3, -0.25) is 4.90 Å². The standard InChI is InChI=1S/C13H22N4O/c1-2-18-13-15-9-11(10-16-13)12(8-14)17-6-4-3-5-7-17/h9-10,12H,2-8,14H2,1H3. The summed E-state index contributed by atoms with van der Waals surface area (Å²) in [5.41, 5.74) is 6.99. The maximum Gasteiger partial charge on any atom is 0.316 e. The first-order chi connectivity index (χ1) is 8.85. The number of aromatic nitrogens is 2. The fourth-order valence-electron chi connectivity index (χ4n) is 2.43. The van der Waals surface area contributed by atoms with Crippen LogP contribution in [0.15, 0.2) is 12.4 Å². The highest BCUT2D eigenvalue weighted by molar-refractivity contribution is 5.13. The van der Waals surface area contributed by atoms with Crippen LogP contribution in [0.3, 0.4) is 0 Å². The zero-order valence-corrected chi connectivity index (χ0v) is 11.0. The number of likely N-dealkylation sites (tertiary alicyclic amines) is 1. The molecule has 0 aromatic carbocycles. The molecule has 0 aliphatic carbocycles. The van der Waals surface area contributed by atoms with Gasteiger partial charge < -0.3 is 10.5 Å². The minimum absolute atomic E-state index is 0.237. The van der Waals surface area contributed by atoms with Gasteiger partial charge in [-0.2, -0.15) is 0 Å². The first-order valence-corrected chi connectivity index (χ1v) is 6.74. The summed E-state index contributed by atoms with van der Waals surface area (Å²) in [6, 6.07) is 0.677. The van der Waals surface area contributed by atoms with E-state index in [-0.39, 0.29) is 6.04 Å². The van der Waals surface area contributed by atoms with E-state index in [1.54, 1.807) is 0 Å². The molecule has 1 saturated heterocycles. The van der Waals surface area contributed by atoms with Gasteiger partial charge in [0.2, 0.25) is 0 Å². The molecule has 1 atom stereocenters. The van der Waals surface area contributed by atoms with Crippen molar-refractivity contribution in [1.29, 1.82) is 0 Å². The molecular formula is C13H22N4O. The molecule has 2 N–H and O–H groups in total. The van der Waals surface area contributed by atoms with Gasteiger partial charge in [-0.25, -0.2) is 9.97 Å². The van der Waals surface area contributed by atoms with Crippen LogP contribution < -0.4 is 10.5 Å². The SMILES string of the molecule is CCOc1ncc(C(CN)N2CCCCC2)cn1. The van der Waals surface area contributed by atoms with Crippen LogP contribution in [-0.2, 0) is 0 Å². The molecule has 0 radical (unpaired) electrons. The lowest BCUT2D eigenvalue weighted by Gasteiger charge is -2.33. The lowest BCUT2D eigenvalue weighted by Crippen LogP contribution is -2.37. The van der Waals surface area contributed by atoms with Crippen LogP contribution in [-0.4, -0.2) is 41.1 Å². The van der Waals surface area contributed by atoms with Crippen molar-refractivity contribution in [3.8, 4) is 6.01 Å². The Labute approximate surface area is 108 Å². The average Bonchev–Trinajstić information content (AvgIpc) is 2.43. The van der Waals surface area contributed by atoms with Crippen LogP contribution >= 0.6 is 0 Å². The Bertz CT molecular complexity index is 349. The van der Waals surface area contributed by atoms with E-state index >= 15 is 0 Å². The molecule has 2 rings (SSSR count). The molecule has 1 aliphatic rings. The molecule has 0 bridgehead atoms. The summed E-state index contributed by atoms with van der Waals surface area (Å²) in [6.07, 6.45) is 7.52. The van der Waals surface area contributed by atoms with Gasteiger partial charge in [-0.1, -0.05) is 6.42 Å². The molecule has 1 aromatic rings. The summed E-state index contributed by atoms with van der Waals surface area (Å²) < 4.78 is 5.25. The zero-order chi connectivity index (χ0) is 12.8. The smallest absolute Gasteiger partial charge is 0.316 e. The van der Waals surface area contributed by atoms with Crippen molar-refractivity contribution in [3.63, 3.8) is 0 Å². The summed E-state index contributed by atoms with van der Waals surface area (Å²) >= 11 is 0. The van der Waals surface area contributed by atoms with Crippen LogP contribution in [0.5, 0.6) is 6.01 Å². The second-order valence-corrected chi connectivity index (χ2v) is 4.58. The molecule has 0 amide bonds. The molecule has 1 fully saturated rings. The molecule has 1 aliphatic heterocycles. The molecule has 5 nitrogen and oxygen atoms in total. The largest absolute Gasteiger partial charge is 0.464 e. The van der Waals surface area contributed by atoms with Crippen molar-refractivity contribution in [2.75, 3.05) is 26.2 Å². The number of nitrogens with two attached hydrogens (primary N) is 1. The maximum absolute atomic E-state index is 5.90. The summed E-state index contributed by atoms with van der Waals surface area (Å²) in [6.45, 7) is 5.36. The second kappa shape index (κ2) is 6.66. The van der Waals surface area contributed by atoms with Gasteiger partial charge in [0.15, 0.2) is 0 Å². The van der Waals surface area contributed by atoms with Gasteiger partial charge >= 0.3 is 6.01 Å². The van der Waals surface area contributed by atoms with Crippen LogP contribution in [0.25, 0.3) is 0 Å². The summed E-state index contributed by atoms with van der Waals surface area (Å²) in [5, 5.41) is 0. The minimum atomic E-state index is 0.237. The van der Waals surface area contributed by atoms with E-state index < -0.39 is 0 Å². The average molecular weight is 250 g/mol. The highest BCUT2D eigenvalue weighted by atomic mass is 16.5. The third-order valence-corrected chi connectivity index (χ3v) is 3.36. The van der Waals surface area contributed by atoms with Crippen molar-refractivity contribution in [3.05, 3.63) is 18.0 Å². The third-order valence-electron chi connectivity index (χ3n) is 3.36. The summed E-state index contributed by atoms with van der Waals surface area (Å²) in [4.78, 5) is 10.9. The Hall–Kier alpha value is -1.20. The van der Waals surface area contributed by atoms with Crippen LogP contribution in [0.2, 0.25) is 0 Å². The monoisotopic (exact) mass is 250 g/mol. The molecule has 5 heteroatoms. The van der Waals surface area contributed by atoms with E-state index in [0.717, 1.165) is 18.7 Å². The molecule has 1 unspecified atom stereocenters. The first-order valence-electron chi connectivity index (χ1n) is 6.74. The van der Waals surface area contributed by atoms with Gasteiger partial charge in [0.1, 0.15) is 0 Å². The van der Waals surface area contributed by atoms with E-state index in [0.29, 0.717) is 19.2 Å². The summed E-state index contributed by atoms with van der Waals surface area (Å²) in [7, 11) is 0. The molecule has 0 spiro atoms. The Morgan fingerprint density at radius 3 is 2.50 bits per heavy atom. The second-order valence-electron chi connectivity index (χ2n) is 4.58. The Kier molecular flexibility index (Phi) is 4.90. The Morgan fingerprint density at radius 1 is 1.28 bits per heavy atom. The van der Waals surface area contributed by atoms with Crippen molar-refractivity contribution in [1.82, 2.24) is 14.9 Å². The van der Waals surface area contributed by atoms with Crippen molar-refractivity contribution in [2.45, 2.75) is 32.2 Å². The fraction of sp³-hybridized carbons (Fsp3) is 0.692. The Balaban J connectivity index is 2.06. The maximum atomic E-state index is 5.90. The highest BCUT2D eigenvalue weighted by Crippen LogP contribution is 2.23. The first kappa shape index (κ1) is 13.2. The van der Waals surface area contributed by atoms with E-state index in [1.807, 2.05) is 19.3 Å². The predicted octanol–water partition coefficient (Wildman–Crippen LogP) is 1.36. The molecule has 1 aromatic heterocycles.